The molecule has 2 amide bonds. The van der Waals surface area contributed by atoms with Crippen LogP contribution in [0.2, 0.25) is 0 Å². The van der Waals surface area contributed by atoms with Crippen molar-refractivity contribution in [1.82, 2.24) is 10.6 Å². The minimum absolute atomic E-state index is 0.0265. The van der Waals surface area contributed by atoms with E-state index in [1.807, 2.05) is 36.4 Å². The second-order valence-corrected chi connectivity index (χ2v) is 7.36. The number of benzene rings is 2. The highest BCUT2D eigenvalue weighted by atomic mass is 16.7. The van der Waals surface area contributed by atoms with Crippen LogP contribution in [0.25, 0.3) is 0 Å². The van der Waals surface area contributed by atoms with Gasteiger partial charge in [-0.2, -0.15) is 0 Å². The second kappa shape index (κ2) is 9.28. The molecule has 0 radical (unpaired) electrons. The predicted molar refractivity (Wildman–Crippen MR) is 111 cm³/mol. The van der Waals surface area contributed by atoms with Crippen molar-refractivity contribution in [2.45, 2.75) is 25.0 Å². The number of amides is 2. The summed E-state index contributed by atoms with van der Waals surface area (Å²) in [6, 6.07) is 13.4. The van der Waals surface area contributed by atoms with E-state index in [4.69, 9.17) is 14.2 Å². The Bertz CT molecular complexity index is 909. The summed E-state index contributed by atoms with van der Waals surface area (Å²) in [5.41, 5.74) is 2.75. The van der Waals surface area contributed by atoms with Crippen LogP contribution in [-0.2, 0) is 9.47 Å². The fraction of sp³-hybridized carbons (Fsp3) is 0.391. The number of carbonyl (C=O) groups excluding carboxylic acids is 2. The van der Waals surface area contributed by atoms with Crippen molar-refractivity contribution in [2.24, 2.45) is 0 Å². The first-order valence-corrected chi connectivity index (χ1v) is 10.3. The Morgan fingerprint density at radius 2 is 1.83 bits per heavy atom. The van der Waals surface area contributed by atoms with Gasteiger partial charge in [0.25, 0.3) is 11.8 Å². The minimum atomic E-state index is -0.281. The van der Waals surface area contributed by atoms with E-state index >= 15 is 0 Å². The summed E-state index contributed by atoms with van der Waals surface area (Å²) < 4.78 is 16.9. The molecule has 2 aliphatic heterocycles. The molecule has 1 atom stereocenters. The van der Waals surface area contributed by atoms with E-state index in [1.165, 1.54) is 0 Å². The Hall–Kier alpha value is -2.90. The zero-order valence-electron chi connectivity index (χ0n) is 17.0. The van der Waals surface area contributed by atoms with Crippen molar-refractivity contribution in [3.05, 3.63) is 64.7 Å². The Balaban J connectivity index is 1.55. The molecular formula is C23H26N2O5. The smallest absolute Gasteiger partial charge is 0.254 e. The molecule has 0 bridgehead atoms. The minimum Gasteiger partial charge on any atom is -0.491 e. The Morgan fingerprint density at radius 3 is 2.57 bits per heavy atom. The van der Waals surface area contributed by atoms with E-state index in [1.54, 1.807) is 13.1 Å². The molecule has 2 heterocycles. The van der Waals surface area contributed by atoms with Crippen LogP contribution >= 0.6 is 0 Å². The zero-order valence-corrected chi connectivity index (χ0v) is 17.0. The Labute approximate surface area is 175 Å². The highest BCUT2D eigenvalue weighted by Crippen LogP contribution is 2.41. The van der Waals surface area contributed by atoms with E-state index < -0.39 is 0 Å². The molecule has 2 N–H and O–H groups in total. The first kappa shape index (κ1) is 20.4. The first-order valence-electron chi connectivity index (χ1n) is 10.3. The maximum Gasteiger partial charge on any atom is 0.254 e. The molecule has 0 aliphatic carbocycles. The van der Waals surface area contributed by atoms with Crippen LogP contribution in [-0.4, -0.2) is 51.5 Å². The van der Waals surface area contributed by atoms with Crippen LogP contribution in [0.3, 0.4) is 0 Å². The SMILES string of the molecule is CNC(=O)c1cc(C(=O)NCCC2OCCCO2)cc2c1OC[C@H]2c1ccccc1. The number of hydrogen-bond acceptors (Lipinski definition) is 5. The molecule has 0 saturated carbocycles. The maximum atomic E-state index is 12.8. The molecule has 4 rings (SSSR count). The van der Waals surface area contributed by atoms with Crippen LogP contribution in [0.4, 0.5) is 0 Å². The van der Waals surface area contributed by atoms with Crippen molar-refractivity contribution in [3.63, 3.8) is 0 Å². The van der Waals surface area contributed by atoms with Gasteiger partial charge in [-0.25, -0.2) is 0 Å². The van der Waals surface area contributed by atoms with E-state index in [0.717, 1.165) is 17.5 Å². The van der Waals surface area contributed by atoms with Gasteiger partial charge in [0.1, 0.15) is 5.75 Å². The van der Waals surface area contributed by atoms with E-state index in [2.05, 4.69) is 10.6 Å². The van der Waals surface area contributed by atoms with Crippen molar-refractivity contribution in [3.8, 4) is 5.75 Å². The lowest BCUT2D eigenvalue weighted by atomic mass is 9.90. The number of ether oxygens (including phenoxy) is 3. The number of hydrogen-bond donors (Lipinski definition) is 2. The standard InChI is InChI=1S/C23H26N2O5/c1-24-23(27)18-13-16(22(26)25-9-8-20-28-10-5-11-29-20)12-17-19(14-30-21(17)18)15-6-3-2-4-7-15/h2-4,6-7,12-13,19-20H,5,8-11,14H2,1H3,(H,24,27)(H,25,26)/t19-/m0/s1. The largest absolute Gasteiger partial charge is 0.491 e. The summed E-state index contributed by atoms with van der Waals surface area (Å²) in [6.45, 7) is 2.22. The van der Waals surface area contributed by atoms with Crippen LogP contribution in [0, 0.1) is 0 Å². The summed E-state index contributed by atoms with van der Waals surface area (Å²) in [5.74, 6) is 0.00115. The van der Waals surface area contributed by atoms with Gasteiger partial charge in [0, 0.05) is 37.1 Å². The monoisotopic (exact) mass is 410 g/mol. The van der Waals surface area contributed by atoms with Gasteiger partial charge in [-0.1, -0.05) is 30.3 Å². The van der Waals surface area contributed by atoms with Crippen molar-refractivity contribution in [2.75, 3.05) is 33.4 Å². The lowest BCUT2D eigenvalue weighted by Gasteiger charge is -2.23. The van der Waals surface area contributed by atoms with Crippen LogP contribution in [0.1, 0.15) is 50.6 Å². The van der Waals surface area contributed by atoms with Crippen LogP contribution in [0.5, 0.6) is 5.75 Å². The number of nitrogens with one attached hydrogen (secondary N) is 2. The fourth-order valence-corrected chi connectivity index (χ4v) is 3.83. The first-order chi connectivity index (χ1) is 14.7. The van der Waals surface area contributed by atoms with Gasteiger partial charge >= 0.3 is 0 Å². The van der Waals surface area contributed by atoms with Gasteiger partial charge in [-0.05, 0) is 24.1 Å². The average Bonchev–Trinajstić information content (AvgIpc) is 3.23. The summed E-state index contributed by atoms with van der Waals surface area (Å²) in [4.78, 5) is 25.3. The molecule has 2 aliphatic rings. The van der Waals surface area contributed by atoms with Gasteiger partial charge in [-0.3, -0.25) is 9.59 Å². The highest BCUT2D eigenvalue weighted by molar-refractivity contribution is 6.02. The molecule has 2 aromatic rings. The number of rotatable bonds is 6. The third-order valence-electron chi connectivity index (χ3n) is 5.38. The van der Waals surface area contributed by atoms with Gasteiger partial charge in [0.2, 0.25) is 0 Å². The lowest BCUT2D eigenvalue weighted by molar-refractivity contribution is -0.180. The molecule has 158 valence electrons. The highest BCUT2D eigenvalue weighted by Gasteiger charge is 2.31. The molecule has 1 fully saturated rings. The quantitative estimate of drug-likeness (QED) is 0.764. The third kappa shape index (κ3) is 4.32. The summed E-state index contributed by atoms with van der Waals surface area (Å²) >= 11 is 0. The number of fused-ring (bicyclic) bond motifs is 1. The van der Waals surface area contributed by atoms with Gasteiger partial charge in [0.05, 0.1) is 25.4 Å². The molecule has 1 saturated heterocycles. The second-order valence-electron chi connectivity index (χ2n) is 7.36. The maximum absolute atomic E-state index is 12.8. The summed E-state index contributed by atoms with van der Waals surface area (Å²) in [6.07, 6.45) is 1.19. The summed E-state index contributed by atoms with van der Waals surface area (Å²) in [7, 11) is 1.56. The van der Waals surface area contributed by atoms with Gasteiger partial charge in [0.15, 0.2) is 6.29 Å². The molecule has 30 heavy (non-hydrogen) atoms. The zero-order chi connectivity index (χ0) is 20.9. The number of carbonyl (C=O) groups is 2. The molecule has 0 unspecified atom stereocenters. The summed E-state index contributed by atoms with van der Waals surface area (Å²) in [5, 5.41) is 5.54. The lowest BCUT2D eigenvalue weighted by Crippen LogP contribution is -2.32. The Morgan fingerprint density at radius 1 is 1.07 bits per heavy atom. The molecular weight excluding hydrogens is 384 g/mol. The van der Waals surface area contributed by atoms with Crippen molar-refractivity contribution in [1.29, 1.82) is 0 Å². The Kier molecular flexibility index (Phi) is 6.30. The molecule has 7 nitrogen and oxygen atoms in total. The third-order valence-corrected chi connectivity index (χ3v) is 5.38. The molecule has 0 spiro atoms. The average molecular weight is 410 g/mol. The normalized spacial score (nSPS) is 18.4. The molecule has 0 aromatic heterocycles. The fourth-order valence-electron chi connectivity index (χ4n) is 3.83. The van der Waals surface area contributed by atoms with Crippen molar-refractivity contribution < 1.29 is 23.8 Å². The van der Waals surface area contributed by atoms with E-state index in [0.29, 0.717) is 49.7 Å². The topological polar surface area (TPSA) is 85.9 Å². The predicted octanol–water partition coefficient (Wildman–Crippen LogP) is 2.45. The van der Waals surface area contributed by atoms with Crippen molar-refractivity contribution >= 4 is 11.8 Å². The molecule has 2 aromatic carbocycles. The van der Waals surface area contributed by atoms with E-state index in [9.17, 15) is 9.59 Å². The van der Waals surface area contributed by atoms with E-state index in [-0.39, 0.29) is 24.0 Å². The van der Waals surface area contributed by atoms with Gasteiger partial charge in [-0.15, -0.1) is 0 Å². The van der Waals surface area contributed by atoms with Crippen LogP contribution < -0.4 is 15.4 Å². The van der Waals surface area contributed by atoms with Gasteiger partial charge < -0.3 is 24.8 Å². The molecule has 7 heteroatoms. The van der Waals surface area contributed by atoms with Crippen LogP contribution in [0.15, 0.2) is 42.5 Å².